The van der Waals surface area contributed by atoms with Gasteiger partial charge in [0.15, 0.2) is 11.6 Å². The number of para-hydroxylation sites is 1. The van der Waals surface area contributed by atoms with Gasteiger partial charge >= 0.3 is 0 Å². The number of ether oxygens (including phenoxy) is 1. The second kappa shape index (κ2) is 6.16. The van der Waals surface area contributed by atoms with Crippen LogP contribution in [0, 0.1) is 0 Å². The van der Waals surface area contributed by atoms with Crippen LogP contribution < -0.4 is 4.74 Å². The zero-order valence-electron chi connectivity index (χ0n) is 14.7. The zero-order valence-corrected chi connectivity index (χ0v) is 14.7. The van der Waals surface area contributed by atoms with Crippen molar-refractivity contribution in [3.8, 4) is 5.75 Å². The highest BCUT2D eigenvalue weighted by Gasteiger charge is 2.60. The van der Waals surface area contributed by atoms with Crippen LogP contribution in [-0.2, 0) is 0 Å². The highest BCUT2D eigenvalue weighted by molar-refractivity contribution is 6.08. The summed E-state index contributed by atoms with van der Waals surface area (Å²) in [7, 11) is 0. The molecule has 0 aliphatic carbocycles. The van der Waals surface area contributed by atoms with Crippen molar-refractivity contribution in [1.82, 2.24) is 0 Å². The van der Waals surface area contributed by atoms with E-state index in [1.54, 1.807) is 0 Å². The Balaban J connectivity index is 1.73. The molecule has 0 bridgehead atoms. The smallest absolute Gasteiger partial charge is 0.200 e. The highest BCUT2D eigenvalue weighted by Crippen LogP contribution is 2.52. The van der Waals surface area contributed by atoms with Gasteiger partial charge in [0.1, 0.15) is 5.75 Å². The minimum Gasteiger partial charge on any atom is -0.482 e. The second-order valence-electron chi connectivity index (χ2n) is 6.95. The number of ketones is 1. The predicted octanol–water partition coefficient (Wildman–Crippen LogP) is 4.99. The molecule has 2 heterocycles. The maximum Gasteiger partial charge on any atom is 0.200 e. The molecule has 1 unspecified atom stereocenters. The van der Waals surface area contributed by atoms with Gasteiger partial charge < -0.3 is 4.74 Å². The van der Waals surface area contributed by atoms with Gasteiger partial charge in [0.2, 0.25) is 5.78 Å². The number of nitrogens with zero attached hydrogens (tertiary/aromatic N) is 2. The molecule has 5 rings (SSSR count). The molecule has 2 aliphatic heterocycles. The SMILES string of the molecule is O=C1c2ccccc2OC(c2ccccc2)[C@]12N=NC[C@H]2c1ccccc1. The van der Waals surface area contributed by atoms with Crippen molar-refractivity contribution in [2.24, 2.45) is 10.2 Å². The molecule has 0 aromatic heterocycles. The van der Waals surface area contributed by atoms with Crippen molar-refractivity contribution in [2.45, 2.75) is 17.6 Å². The van der Waals surface area contributed by atoms with Gasteiger partial charge in [0.25, 0.3) is 0 Å². The summed E-state index contributed by atoms with van der Waals surface area (Å²) >= 11 is 0. The third kappa shape index (κ3) is 2.33. The summed E-state index contributed by atoms with van der Waals surface area (Å²) in [5.74, 6) is 0.425. The summed E-state index contributed by atoms with van der Waals surface area (Å²) in [6, 6.07) is 27.3. The third-order valence-electron chi connectivity index (χ3n) is 5.48. The van der Waals surface area contributed by atoms with Crippen molar-refractivity contribution < 1.29 is 9.53 Å². The molecule has 4 nitrogen and oxygen atoms in total. The van der Waals surface area contributed by atoms with Gasteiger partial charge in [-0.1, -0.05) is 72.8 Å². The lowest BCUT2D eigenvalue weighted by Crippen LogP contribution is -2.51. The Hall–Kier alpha value is -3.27. The fourth-order valence-corrected chi connectivity index (χ4v) is 4.19. The first-order valence-electron chi connectivity index (χ1n) is 9.10. The zero-order chi connectivity index (χ0) is 18.3. The molecule has 132 valence electrons. The van der Waals surface area contributed by atoms with E-state index in [2.05, 4.69) is 10.2 Å². The lowest BCUT2D eigenvalue weighted by molar-refractivity contribution is 0.0521. The van der Waals surface area contributed by atoms with E-state index in [0.29, 0.717) is 17.9 Å². The van der Waals surface area contributed by atoms with Gasteiger partial charge in [0, 0.05) is 5.92 Å². The minimum absolute atomic E-state index is 0.0201. The average molecular weight is 354 g/mol. The first kappa shape index (κ1) is 15.9. The van der Waals surface area contributed by atoms with E-state index in [4.69, 9.17) is 4.74 Å². The van der Waals surface area contributed by atoms with Crippen molar-refractivity contribution in [2.75, 3.05) is 6.54 Å². The topological polar surface area (TPSA) is 51.0 Å². The van der Waals surface area contributed by atoms with E-state index < -0.39 is 11.6 Å². The molecule has 0 N–H and O–H groups in total. The van der Waals surface area contributed by atoms with Gasteiger partial charge in [-0.3, -0.25) is 4.79 Å². The van der Waals surface area contributed by atoms with Crippen LogP contribution in [0.4, 0.5) is 0 Å². The van der Waals surface area contributed by atoms with Crippen LogP contribution in [0.2, 0.25) is 0 Å². The molecule has 0 fully saturated rings. The molecule has 0 saturated carbocycles. The summed E-state index contributed by atoms with van der Waals surface area (Å²) in [4.78, 5) is 13.8. The lowest BCUT2D eigenvalue weighted by Gasteiger charge is -2.41. The van der Waals surface area contributed by atoms with E-state index in [9.17, 15) is 4.79 Å². The van der Waals surface area contributed by atoms with Crippen LogP contribution in [0.1, 0.15) is 33.5 Å². The molecule has 3 atom stereocenters. The maximum atomic E-state index is 13.8. The standard InChI is InChI=1S/C23H18N2O2/c26-21-18-13-7-8-14-20(18)27-22(17-11-5-2-6-12-17)23(21)19(15-24-25-23)16-9-3-1-4-10-16/h1-14,19,22H,15H2/t19-,22?,23+/m0/s1. The van der Waals surface area contributed by atoms with E-state index >= 15 is 0 Å². The number of carbonyl (C=O) groups is 1. The van der Waals surface area contributed by atoms with Gasteiger partial charge in [0.05, 0.1) is 12.1 Å². The number of Topliss-reactive ketones (excluding diaryl/α,β-unsaturated/α-hetero) is 1. The highest BCUT2D eigenvalue weighted by atomic mass is 16.5. The second-order valence-corrected chi connectivity index (χ2v) is 6.95. The normalized spacial score (nSPS) is 26.0. The quantitative estimate of drug-likeness (QED) is 0.651. The number of hydrogen-bond acceptors (Lipinski definition) is 4. The fourth-order valence-electron chi connectivity index (χ4n) is 4.19. The molecule has 3 aromatic rings. The van der Waals surface area contributed by atoms with Gasteiger partial charge in [-0.2, -0.15) is 10.2 Å². The Bertz CT molecular complexity index is 1020. The molecule has 0 saturated heterocycles. The number of carbonyl (C=O) groups excluding carboxylic acids is 1. The Morgan fingerprint density at radius 1 is 0.815 bits per heavy atom. The molecule has 0 amide bonds. The monoisotopic (exact) mass is 354 g/mol. The maximum absolute atomic E-state index is 13.8. The molecule has 1 spiro atoms. The molecular weight excluding hydrogens is 336 g/mol. The third-order valence-corrected chi connectivity index (χ3v) is 5.48. The van der Waals surface area contributed by atoms with Crippen LogP contribution in [0.25, 0.3) is 0 Å². The molecule has 4 heteroatoms. The van der Waals surface area contributed by atoms with Gasteiger partial charge in [-0.15, -0.1) is 0 Å². The van der Waals surface area contributed by atoms with E-state index in [0.717, 1.165) is 11.1 Å². The van der Waals surface area contributed by atoms with Crippen LogP contribution >= 0.6 is 0 Å². The average Bonchev–Trinajstić information content (AvgIpc) is 3.18. The van der Waals surface area contributed by atoms with Crippen LogP contribution in [-0.4, -0.2) is 17.9 Å². The number of azo groups is 1. The Labute approximate surface area is 157 Å². The number of benzene rings is 3. The van der Waals surface area contributed by atoms with Gasteiger partial charge in [-0.25, -0.2) is 0 Å². The summed E-state index contributed by atoms with van der Waals surface area (Å²) in [5, 5.41) is 8.91. The fraction of sp³-hybridized carbons (Fsp3) is 0.174. The van der Waals surface area contributed by atoms with E-state index in [1.165, 1.54) is 0 Å². The van der Waals surface area contributed by atoms with E-state index in [-0.39, 0.29) is 11.7 Å². The summed E-state index contributed by atoms with van der Waals surface area (Å²) in [5.41, 5.74) is 1.48. The number of fused-ring (bicyclic) bond motifs is 1. The van der Waals surface area contributed by atoms with Crippen molar-refractivity contribution in [3.63, 3.8) is 0 Å². The molecule has 2 aliphatic rings. The molecule has 0 radical (unpaired) electrons. The summed E-state index contributed by atoms with van der Waals surface area (Å²) in [6.45, 7) is 0.477. The number of hydrogen-bond donors (Lipinski definition) is 0. The minimum atomic E-state index is -1.09. The first-order valence-corrected chi connectivity index (χ1v) is 9.10. The molecule has 3 aromatic carbocycles. The van der Waals surface area contributed by atoms with Crippen molar-refractivity contribution in [3.05, 3.63) is 102 Å². The predicted molar refractivity (Wildman–Crippen MR) is 102 cm³/mol. The van der Waals surface area contributed by atoms with Crippen molar-refractivity contribution in [1.29, 1.82) is 0 Å². The largest absolute Gasteiger partial charge is 0.482 e. The van der Waals surface area contributed by atoms with Crippen LogP contribution in [0.3, 0.4) is 0 Å². The Morgan fingerprint density at radius 2 is 1.44 bits per heavy atom. The molecule has 27 heavy (non-hydrogen) atoms. The molecular formula is C23H18N2O2. The van der Waals surface area contributed by atoms with Gasteiger partial charge in [-0.05, 0) is 23.3 Å². The number of rotatable bonds is 2. The van der Waals surface area contributed by atoms with Crippen LogP contribution in [0.15, 0.2) is 95.2 Å². The van der Waals surface area contributed by atoms with Crippen molar-refractivity contribution >= 4 is 5.78 Å². The van der Waals surface area contributed by atoms with Crippen LogP contribution in [0.5, 0.6) is 5.75 Å². The summed E-state index contributed by atoms with van der Waals surface area (Å²) < 4.78 is 6.40. The Morgan fingerprint density at radius 3 is 2.19 bits per heavy atom. The first-order chi connectivity index (χ1) is 13.3. The Kier molecular flexibility index (Phi) is 3.64. The van der Waals surface area contributed by atoms with E-state index in [1.807, 2.05) is 84.9 Å². The lowest BCUT2D eigenvalue weighted by atomic mass is 9.69. The summed E-state index contributed by atoms with van der Waals surface area (Å²) in [6.07, 6.45) is -0.516.